The summed E-state index contributed by atoms with van der Waals surface area (Å²) in [5, 5.41) is 3.38. The molecule has 1 N–H and O–H groups in total. The zero-order chi connectivity index (χ0) is 19.7. The molecule has 140 valence electrons. The van der Waals surface area contributed by atoms with Crippen LogP contribution in [0.15, 0.2) is 65.5 Å². The third-order valence-electron chi connectivity index (χ3n) is 4.46. The molecule has 0 aliphatic carbocycles. The van der Waals surface area contributed by atoms with Crippen molar-refractivity contribution in [2.45, 2.75) is 0 Å². The molecule has 0 fully saturated rings. The van der Waals surface area contributed by atoms with Crippen LogP contribution >= 0.6 is 0 Å². The summed E-state index contributed by atoms with van der Waals surface area (Å²) in [7, 11) is 2.87. The van der Waals surface area contributed by atoms with Crippen LogP contribution in [-0.2, 0) is 4.74 Å². The smallest absolute Gasteiger partial charge is 0.356 e. The summed E-state index contributed by atoms with van der Waals surface area (Å²) in [4.78, 5) is 29.5. The van der Waals surface area contributed by atoms with Crippen molar-refractivity contribution in [3.8, 4) is 22.6 Å². The van der Waals surface area contributed by atoms with Crippen molar-refractivity contribution in [2.24, 2.45) is 0 Å². The van der Waals surface area contributed by atoms with Crippen LogP contribution in [0.1, 0.15) is 10.5 Å². The van der Waals surface area contributed by atoms with Crippen LogP contribution in [-0.4, -0.2) is 35.0 Å². The number of hydrogen-bond acceptors (Lipinski definition) is 5. The fourth-order valence-electron chi connectivity index (χ4n) is 3.08. The number of rotatable bonds is 4. The van der Waals surface area contributed by atoms with Gasteiger partial charge in [0.2, 0.25) is 0 Å². The summed E-state index contributed by atoms with van der Waals surface area (Å²) in [6.07, 6.45) is 0. The van der Waals surface area contributed by atoms with Crippen molar-refractivity contribution in [3.63, 3.8) is 0 Å². The lowest BCUT2D eigenvalue weighted by atomic mass is 10.0. The highest BCUT2D eigenvalue weighted by atomic mass is 16.5. The average Bonchev–Trinajstić information content (AvgIpc) is 3.09. The van der Waals surface area contributed by atoms with E-state index in [0.717, 1.165) is 5.56 Å². The summed E-state index contributed by atoms with van der Waals surface area (Å²) in [5.41, 5.74) is 2.19. The predicted octanol–water partition coefficient (Wildman–Crippen LogP) is 3.18. The largest absolute Gasteiger partial charge is 0.497 e. The van der Waals surface area contributed by atoms with Crippen LogP contribution in [0, 0.1) is 0 Å². The van der Waals surface area contributed by atoms with Gasteiger partial charge in [0.1, 0.15) is 5.75 Å². The second kappa shape index (κ2) is 7.03. The fourth-order valence-corrected chi connectivity index (χ4v) is 3.08. The fraction of sp³-hybridized carbons (Fsp3) is 0.0952. The van der Waals surface area contributed by atoms with E-state index < -0.39 is 5.97 Å². The van der Waals surface area contributed by atoms with Gasteiger partial charge in [-0.05, 0) is 35.9 Å². The Labute approximate surface area is 160 Å². The zero-order valence-corrected chi connectivity index (χ0v) is 15.3. The van der Waals surface area contributed by atoms with Gasteiger partial charge in [0.05, 0.1) is 25.3 Å². The maximum absolute atomic E-state index is 13.1. The number of ether oxygens (including phenoxy) is 2. The van der Waals surface area contributed by atoms with E-state index in [-0.39, 0.29) is 11.3 Å². The quantitative estimate of drug-likeness (QED) is 0.554. The Morgan fingerprint density at radius 3 is 2.39 bits per heavy atom. The van der Waals surface area contributed by atoms with E-state index in [1.807, 2.05) is 42.5 Å². The normalized spacial score (nSPS) is 10.8. The Balaban J connectivity index is 2.01. The second-order valence-corrected chi connectivity index (χ2v) is 6.09. The number of methoxy groups -OCH3 is 2. The summed E-state index contributed by atoms with van der Waals surface area (Å²) < 4.78 is 11.4. The van der Waals surface area contributed by atoms with Gasteiger partial charge >= 0.3 is 5.97 Å². The molecule has 0 unspecified atom stereocenters. The van der Waals surface area contributed by atoms with E-state index in [2.05, 4.69) is 10.1 Å². The van der Waals surface area contributed by atoms with Gasteiger partial charge in [-0.15, -0.1) is 0 Å². The molecule has 0 saturated carbocycles. The lowest BCUT2D eigenvalue weighted by Crippen LogP contribution is -2.14. The van der Waals surface area contributed by atoms with Crippen molar-refractivity contribution >= 4 is 17.0 Å². The Hall–Kier alpha value is -3.87. The van der Waals surface area contributed by atoms with Gasteiger partial charge < -0.3 is 9.47 Å². The molecule has 28 heavy (non-hydrogen) atoms. The van der Waals surface area contributed by atoms with Gasteiger partial charge in [-0.25, -0.2) is 14.5 Å². The molecule has 2 heterocycles. The van der Waals surface area contributed by atoms with Gasteiger partial charge in [0.25, 0.3) is 5.56 Å². The molecule has 2 aromatic carbocycles. The molecule has 0 radical (unpaired) electrons. The van der Waals surface area contributed by atoms with Crippen LogP contribution in [0.4, 0.5) is 0 Å². The number of carbonyl (C=O) groups is 1. The first-order valence-corrected chi connectivity index (χ1v) is 8.56. The number of pyridine rings is 1. The SMILES string of the molecule is COC(=O)c1cc(-c2ccc(OC)cc2)c2c(=O)n(-c3ccccc3)[nH]c2n1. The number of aromatic amines is 1. The molecule has 0 aliphatic rings. The van der Waals surface area contributed by atoms with Crippen molar-refractivity contribution in [2.75, 3.05) is 14.2 Å². The Kier molecular flexibility index (Phi) is 4.41. The van der Waals surface area contributed by atoms with Crippen LogP contribution < -0.4 is 10.3 Å². The predicted molar refractivity (Wildman–Crippen MR) is 105 cm³/mol. The first-order chi connectivity index (χ1) is 13.6. The Bertz CT molecular complexity index is 1210. The highest BCUT2D eigenvalue weighted by Crippen LogP contribution is 2.28. The van der Waals surface area contributed by atoms with Crippen LogP contribution in [0.2, 0.25) is 0 Å². The number of nitrogens with one attached hydrogen (secondary N) is 1. The molecule has 0 spiro atoms. The van der Waals surface area contributed by atoms with E-state index in [1.54, 1.807) is 25.3 Å². The summed E-state index contributed by atoms with van der Waals surface area (Å²) in [6, 6.07) is 18.0. The number of carbonyl (C=O) groups excluding carboxylic acids is 1. The van der Waals surface area contributed by atoms with Gasteiger partial charge in [0.15, 0.2) is 11.3 Å². The molecule has 4 rings (SSSR count). The van der Waals surface area contributed by atoms with Gasteiger partial charge in [-0.3, -0.25) is 9.89 Å². The lowest BCUT2D eigenvalue weighted by Gasteiger charge is -2.06. The molecular weight excluding hydrogens is 358 g/mol. The second-order valence-electron chi connectivity index (χ2n) is 6.09. The van der Waals surface area contributed by atoms with Crippen LogP contribution in [0.3, 0.4) is 0 Å². The molecule has 2 aromatic heterocycles. The maximum atomic E-state index is 13.1. The third kappa shape index (κ3) is 2.92. The molecular formula is C21H17N3O4. The van der Waals surface area contributed by atoms with Crippen molar-refractivity contribution in [1.82, 2.24) is 14.8 Å². The summed E-state index contributed by atoms with van der Waals surface area (Å²) in [5.74, 6) is 0.114. The number of H-pyrrole nitrogens is 1. The lowest BCUT2D eigenvalue weighted by molar-refractivity contribution is 0.0594. The third-order valence-corrected chi connectivity index (χ3v) is 4.46. The first kappa shape index (κ1) is 17.5. The zero-order valence-electron chi connectivity index (χ0n) is 15.3. The van der Waals surface area contributed by atoms with E-state index >= 15 is 0 Å². The first-order valence-electron chi connectivity index (χ1n) is 8.56. The number of nitrogens with zero attached hydrogens (tertiary/aromatic N) is 2. The highest BCUT2D eigenvalue weighted by Gasteiger charge is 2.19. The Morgan fingerprint density at radius 2 is 1.75 bits per heavy atom. The average molecular weight is 375 g/mol. The minimum Gasteiger partial charge on any atom is -0.497 e. The van der Waals surface area contributed by atoms with Crippen LogP contribution in [0.5, 0.6) is 5.75 Å². The number of fused-ring (bicyclic) bond motifs is 1. The van der Waals surface area contributed by atoms with E-state index in [4.69, 9.17) is 9.47 Å². The molecule has 7 nitrogen and oxygen atoms in total. The van der Waals surface area contributed by atoms with E-state index in [0.29, 0.717) is 28.0 Å². The van der Waals surface area contributed by atoms with Gasteiger partial charge in [-0.1, -0.05) is 30.3 Å². The summed E-state index contributed by atoms with van der Waals surface area (Å²) in [6.45, 7) is 0. The van der Waals surface area contributed by atoms with Crippen molar-refractivity contribution < 1.29 is 14.3 Å². The highest BCUT2D eigenvalue weighted by molar-refractivity contribution is 5.98. The van der Waals surface area contributed by atoms with Gasteiger partial charge in [-0.2, -0.15) is 0 Å². The van der Waals surface area contributed by atoms with Crippen molar-refractivity contribution in [1.29, 1.82) is 0 Å². The minimum atomic E-state index is -0.579. The molecule has 4 aromatic rings. The topological polar surface area (TPSA) is 86.2 Å². The van der Waals surface area contributed by atoms with Gasteiger partial charge in [0, 0.05) is 5.56 Å². The molecule has 7 heteroatoms. The maximum Gasteiger partial charge on any atom is 0.356 e. The monoisotopic (exact) mass is 375 g/mol. The van der Waals surface area contributed by atoms with Crippen LogP contribution in [0.25, 0.3) is 27.8 Å². The standard InChI is InChI=1S/C21H17N3O4/c1-27-15-10-8-13(9-11-15)16-12-17(21(26)28-2)22-19-18(16)20(25)24(23-19)14-6-4-3-5-7-14/h3-12H,1-2H3,(H,22,23). The molecule has 0 amide bonds. The minimum absolute atomic E-state index is 0.113. The van der Waals surface area contributed by atoms with E-state index in [1.165, 1.54) is 11.8 Å². The number of para-hydroxylation sites is 1. The number of benzene rings is 2. The number of esters is 1. The number of aromatic nitrogens is 3. The van der Waals surface area contributed by atoms with Crippen molar-refractivity contribution in [3.05, 3.63) is 76.7 Å². The molecule has 0 bridgehead atoms. The molecule has 0 aliphatic heterocycles. The molecule has 0 atom stereocenters. The summed E-state index contributed by atoms with van der Waals surface area (Å²) >= 11 is 0. The van der Waals surface area contributed by atoms with E-state index in [9.17, 15) is 9.59 Å². The Morgan fingerprint density at radius 1 is 1.04 bits per heavy atom. The molecule has 0 saturated heterocycles. The number of hydrogen-bond donors (Lipinski definition) is 1.